The lowest BCUT2D eigenvalue weighted by molar-refractivity contribution is -0.186. The van der Waals surface area contributed by atoms with E-state index in [-0.39, 0.29) is 11.3 Å². The minimum absolute atomic E-state index is 0.272. The van der Waals surface area contributed by atoms with Gasteiger partial charge in [0.2, 0.25) is 0 Å². The lowest BCUT2D eigenvalue weighted by atomic mass is 10.0. The number of hydrogen-bond acceptors (Lipinski definition) is 6. The Morgan fingerprint density at radius 3 is 2.82 bits per heavy atom. The summed E-state index contributed by atoms with van der Waals surface area (Å²) < 4.78 is 6.43. The molecule has 1 fully saturated rings. The number of nitrogens with one attached hydrogen (secondary N) is 1. The molecule has 7 nitrogen and oxygen atoms in total. The smallest absolute Gasteiger partial charge is 0.277 e. The summed E-state index contributed by atoms with van der Waals surface area (Å²) >= 11 is 3.42. The molecule has 1 amide bonds. The first-order valence-corrected chi connectivity index (χ1v) is 9.79. The number of anilines is 1. The first-order chi connectivity index (χ1) is 13.6. The second kappa shape index (κ2) is 8.22. The van der Waals surface area contributed by atoms with E-state index in [0.29, 0.717) is 23.2 Å². The number of amides is 1. The van der Waals surface area contributed by atoms with Gasteiger partial charge in [0, 0.05) is 40.8 Å². The highest BCUT2D eigenvalue weighted by molar-refractivity contribution is 9.10. The van der Waals surface area contributed by atoms with Gasteiger partial charge in [0.25, 0.3) is 5.91 Å². The van der Waals surface area contributed by atoms with Crippen LogP contribution in [-0.4, -0.2) is 28.8 Å². The lowest BCUT2D eigenvalue weighted by Crippen LogP contribution is -2.33. The third-order valence-corrected chi connectivity index (χ3v) is 5.12. The highest BCUT2D eigenvalue weighted by Gasteiger charge is 2.22. The normalized spacial score (nSPS) is 16.8. The summed E-state index contributed by atoms with van der Waals surface area (Å²) in [5.74, 6) is -0.453. The molecule has 1 aromatic carbocycles. The van der Waals surface area contributed by atoms with E-state index < -0.39 is 12.2 Å². The minimum atomic E-state index is -0.453. The van der Waals surface area contributed by atoms with Crippen molar-refractivity contribution >= 4 is 38.4 Å². The van der Waals surface area contributed by atoms with Crippen LogP contribution < -0.4 is 11.2 Å². The molecule has 0 aliphatic carbocycles. The van der Waals surface area contributed by atoms with Crippen molar-refractivity contribution in [3.05, 3.63) is 52.8 Å². The Kier molecular flexibility index (Phi) is 5.52. The number of hydroxylamine groups is 1. The quantitative estimate of drug-likeness (QED) is 0.595. The maximum Gasteiger partial charge on any atom is 0.277 e. The van der Waals surface area contributed by atoms with E-state index in [1.165, 1.54) is 0 Å². The summed E-state index contributed by atoms with van der Waals surface area (Å²) in [5.41, 5.74) is 11.4. The van der Waals surface area contributed by atoms with Gasteiger partial charge in [-0.15, -0.1) is 0 Å². The van der Waals surface area contributed by atoms with Crippen molar-refractivity contribution in [1.29, 1.82) is 0 Å². The second-order valence-corrected chi connectivity index (χ2v) is 7.41. The van der Waals surface area contributed by atoms with E-state index in [4.69, 9.17) is 15.3 Å². The van der Waals surface area contributed by atoms with Crippen molar-refractivity contribution in [3.63, 3.8) is 0 Å². The van der Waals surface area contributed by atoms with Crippen LogP contribution in [0.15, 0.2) is 47.2 Å². The van der Waals surface area contributed by atoms with Gasteiger partial charge in [-0.1, -0.05) is 28.1 Å². The monoisotopic (exact) mass is 442 g/mol. The molecule has 3 aromatic rings. The molecule has 1 unspecified atom stereocenters. The van der Waals surface area contributed by atoms with Crippen molar-refractivity contribution in [2.24, 2.45) is 0 Å². The molecular formula is C20H19BrN4O3. The molecule has 0 radical (unpaired) electrons. The fraction of sp³-hybridized carbons (Fsp3) is 0.250. The average molecular weight is 443 g/mol. The number of nitrogens with zero attached hydrogens (tertiary/aromatic N) is 2. The zero-order valence-corrected chi connectivity index (χ0v) is 16.6. The molecule has 1 atom stereocenters. The zero-order chi connectivity index (χ0) is 19.5. The number of aromatic nitrogens is 2. The zero-order valence-electron chi connectivity index (χ0n) is 15.0. The summed E-state index contributed by atoms with van der Waals surface area (Å²) in [5, 5.41) is 0.562. The number of carbonyl (C=O) groups is 1. The highest BCUT2D eigenvalue weighted by atomic mass is 79.9. The Morgan fingerprint density at radius 2 is 2.07 bits per heavy atom. The fourth-order valence-electron chi connectivity index (χ4n) is 3.17. The standard InChI is InChI=1S/C20H19BrN4O3/c21-13-6-4-12(5-7-13)19-18(22)17(14-11-23-9-8-15(14)24-19)20(26)25-28-16-3-1-2-10-27-16/h4-9,11,16H,1-3,10,22H2,(H,25,26). The lowest BCUT2D eigenvalue weighted by Gasteiger charge is -2.22. The Morgan fingerprint density at radius 1 is 1.25 bits per heavy atom. The fourth-order valence-corrected chi connectivity index (χ4v) is 3.43. The summed E-state index contributed by atoms with van der Waals surface area (Å²) in [6.07, 6.45) is 5.49. The number of carbonyl (C=O) groups excluding carboxylic acids is 1. The number of fused-ring (bicyclic) bond motifs is 1. The van der Waals surface area contributed by atoms with Gasteiger partial charge in [0.05, 0.1) is 22.5 Å². The molecule has 2 aromatic heterocycles. The van der Waals surface area contributed by atoms with Crippen LogP contribution in [0.1, 0.15) is 29.6 Å². The van der Waals surface area contributed by atoms with E-state index in [1.807, 2.05) is 24.3 Å². The number of rotatable bonds is 4. The van der Waals surface area contributed by atoms with E-state index in [1.54, 1.807) is 18.5 Å². The van der Waals surface area contributed by atoms with Gasteiger partial charge in [-0.2, -0.15) is 0 Å². The van der Waals surface area contributed by atoms with Crippen molar-refractivity contribution in [2.45, 2.75) is 25.6 Å². The first kappa shape index (κ1) is 18.8. The predicted molar refractivity (Wildman–Crippen MR) is 109 cm³/mol. The molecule has 4 rings (SSSR count). The highest BCUT2D eigenvalue weighted by Crippen LogP contribution is 2.32. The van der Waals surface area contributed by atoms with Gasteiger partial charge in [-0.05, 0) is 31.0 Å². The maximum absolute atomic E-state index is 12.9. The summed E-state index contributed by atoms with van der Waals surface area (Å²) in [6.45, 7) is 0.624. The molecule has 1 aliphatic rings. The number of halogens is 1. The summed E-state index contributed by atoms with van der Waals surface area (Å²) in [6, 6.07) is 9.33. The van der Waals surface area contributed by atoms with Gasteiger partial charge in [0.1, 0.15) is 0 Å². The van der Waals surface area contributed by atoms with Crippen LogP contribution in [0.2, 0.25) is 0 Å². The van der Waals surface area contributed by atoms with Gasteiger partial charge in [0.15, 0.2) is 6.29 Å². The number of ether oxygens (including phenoxy) is 1. The number of nitrogens with two attached hydrogens (primary N) is 1. The molecule has 3 heterocycles. The summed E-state index contributed by atoms with van der Waals surface area (Å²) in [4.78, 5) is 27.1. The molecular weight excluding hydrogens is 424 g/mol. The van der Waals surface area contributed by atoms with Gasteiger partial charge in [-0.3, -0.25) is 9.78 Å². The average Bonchev–Trinajstić information content (AvgIpc) is 2.73. The van der Waals surface area contributed by atoms with E-state index in [2.05, 4.69) is 31.4 Å². The van der Waals surface area contributed by atoms with Crippen LogP contribution >= 0.6 is 15.9 Å². The predicted octanol–water partition coefficient (Wildman–Crippen LogP) is 3.83. The largest absolute Gasteiger partial charge is 0.396 e. The van der Waals surface area contributed by atoms with Crippen LogP contribution in [0.5, 0.6) is 0 Å². The minimum Gasteiger partial charge on any atom is -0.396 e. The van der Waals surface area contributed by atoms with Gasteiger partial charge in [-0.25, -0.2) is 15.3 Å². The van der Waals surface area contributed by atoms with Crippen LogP contribution in [0, 0.1) is 0 Å². The number of benzene rings is 1. The van der Waals surface area contributed by atoms with E-state index in [9.17, 15) is 4.79 Å². The van der Waals surface area contributed by atoms with Crippen LogP contribution in [0.25, 0.3) is 22.2 Å². The third-order valence-electron chi connectivity index (χ3n) is 4.59. The number of pyridine rings is 2. The Hall–Kier alpha value is -2.55. The van der Waals surface area contributed by atoms with Crippen molar-refractivity contribution in [1.82, 2.24) is 15.4 Å². The number of nitrogen functional groups attached to an aromatic ring is 1. The van der Waals surface area contributed by atoms with Crippen LogP contribution in [0.3, 0.4) is 0 Å². The molecule has 0 bridgehead atoms. The molecule has 0 spiro atoms. The molecule has 28 heavy (non-hydrogen) atoms. The molecule has 0 saturated carbocycles. The van der Waals surface area contributed by atoms with Crippen LogP contribution in [0.4, 0.5) is 5.69 Å². The Labute approximate surface area is 170 Å². The second-order valence-electron chi connectivity index (χ2n) is 6.49. The molecule has 144 valence electrons. The Balaban J connectivity index is 1.72. The van der Waals surface area contributed by atoms with Gasteiger partial charge >= 0.3 is 0 Å². The van der Waals surface area contributed by atoms with Crippen LogP contribution in [-0.2, 0) is 9.57 Å². The van der Waals surface area contributed by atoms with Crippen molar-refractivity contribution in [3.8, 4) is 11.3 Å². The molecule has 1 aliphatic heterocycles. The first-order valence-electron chi connectivity index (χ1n) is 9.00. The van der Waals surface area contributed by atoms with Crippen molar-refractivity contribution < 1.29 is 14.4 Å². The SMILES string of the molecule is Nc1c(-c2ccc(Br)cc2)nc2ccncc2c1C(=O)NOC1CCCCO1. The number of hydrogen-bond donors (Lipinski definition) is 2. The third kappa shape index (κ3) is 3.84. The Bertz CT molecular complexity index is 1000. The maximum atomic E-state index is 12.9. The van der Waals surface area contributed by atoms with Crippen molar-refractivity contribution in [2.75, 3.05) is 12.3 Å². The molecule has 8 heteroatoms. The topological polar surface area (TPSA) is 99.4 Å². The molecule has 3 N–H and O–H groups in total. The molecule has 1 saturated heterocycles. The summed E-state index contributed by atoms with van der Waals surface area (Å²) in [7, 11) is 0. The van der Waals surface area contributed by atoms with Gasteiger partial charge < -0.3 is 10.5 Å². The van der Waals surface area contributed by atoms with E-state index in [0.717, 1.165) is 29.3 Å². The van der Waals surface area contributed by atoms with E-state index >= 15 is 0 Å².